The number of alkyl halides is 2. The van der Waals surface area contributed by atoms with Crippen LogP contribution in [0.2, 0.25) is 5.02 Å². The van der Waals surface area contributed by atoms with Crippen LogP contribution >= 0.6 is 11.6 Å². The van der Waals surface area contributed by atoms with Crippen molar-refractivity contribution in [3.8, 4) is 17.0 Å². The van der Waals surface area contributed by atoms with Gasteiger partial charge in [0.2, 0.25) is 5.91 Å². The summed E-state index contributed by atoms with van der Waals surface area (Å²) in [6, 6.07) is 3.54. The Balaban J connectivity index is 1.83. The molecule has 6 nitrogen and oxygen atoms in total. The molecule has 4 rings (SSSR count). The minimum absolute atomic E-state index is 0.258. The molecule has 1 aromatic carbocycles. The summed E-state index contributed by atoms with van der Waals surface area (Å²) in [6.45, 7) is -0.440. The lowest BCUT2D eigenvalue weighted by molar-refractivity contribution is -0.133. The average Bonchev–Trinajstić information content (AvgIpc) is 3.29. The monoisotopic (exact) mass is 423 g/mol. The van der Waals surface area contributed by atoms with Crippen molar-refractivity contribution in [2.24, 2.45) is 7.05 Å². The first kappa shape index (κ1) is 19.8. The van der Waals surface area contributed by atoms with Crippen molar-refractivity contribution < 1.29 is 23.4 Å². The molecule has 1 aliphatic carbocycles. The van der Waals surface area contributed by atoms with Crippen molar-refractivity contribution in [3.05, 3.63) is 40.1 Å². The molecule has 1 aliphatic heterocycles. The Bertz CT molecular complexity index is 1000. The second-order valence-electron chi connectivity index (χ2n) is 7.15. The largest absolute Gasteiger partial charge is 0.486 e. The predicted molar refractivity (Wildman–Crippen MR) is 104 cm³/mol. The zero-order chi connectivity index (χ0) is 20.7. The fraction of sp³-hybridized carbons (Fsp3) is 0.400. The lowest BCUT2D eigenvalue weighted by atomic mass is 9.94. The zero-order valence-corrected chi connectivity index (χ0v) is 16.5. The van der Waals surface area contributed by atoms with E-state index in [0.717, 1.165) is 27.8 Å². The van der Waals surface area contributed by atoms with E-state index in [2.05, 4.69) is 5.10 Å². The number of aliphatic hydroxyl groups is 1. The van der Waals surface area contributed by atoms with Crippen LogP contribution in [0, 0.1) is 0 Å². The smallest absolute Gasteiger partial charge is 0.272 e. The van der Waals surface area contributed by atoms with E-state index >= 15 is 0 Å². The molecule has 1 amide bonds. The van der Waals surface area contributed by atoms with Crippen molar-refractivity contribution in [1.29, 1.82) is 0 Å². The van der Waals surface area contributed by atoms with Gasteiger partial charge in [-0.15, -0.1) is 0 Å². The number of hydrogen-bond acceptors (Lipinski definition) is 4. The fourth-order valence-electron chi connectivity index (χ4n) is 4.04. The first-order valence-corrected chi connectivity index (χ1v) is 9.63. The lowest BCUT2D eigenvalue weighted by Crippen LogP contribution is -2.37. The maximum Gasteiger partial charge on any atom is 0.272 e. The summed E-state index contributed by atoms with van der Waals surface area (Å²) in [6.07, 6.45) is 0.372. The van der Waals surface area contributed by atoms with Crippen molar-refractivity contribution >= 4 is 23.1 Å². The average molecular weight is 424 g/mol. The van der Waals surface area contributed by atoms with Crippen molar-refractivity contribution in [1.82, 2.24) is 14.7 Å². The molecule has 0 radical (unpaired) electrons. The van der Waals surface area contributed by atoms with E-state index < -0.39 is 19.6 Å². The second-order valence-corrected chi connectivity index (χ2v) is 7.55. The predicted octanol–water partition coefficient (Wildman–Crippen LogP) is 2.92. The van der Waals surface area contributed by atoms with Gasteiger partial charge in [0.05, 0.1) is 10.7 Å². The van der Waals surface area contributed by atoms with Gasteiger partial charge in [-0.05, 0) is 36.1 Å². The van der Waals surface area contributed by atoms with E-state index in [0.29, 0.717) is 31.6 Å². The normalized spacial score (nSPS) is 15.7. The zero-order valence-electron chi connectivity index (χ0n) is 15.8. The molecule has 1 aromatic heterocycles. The highest BCUT2D eigenvalue weighted by Crippen LogP contribution is 2.49. The summed E-state index contributed by atoms with van der Waals surface area (Å²) in [5.41, 5.74) is 5.14. The van der Waals surface area contributed by atoms with Gasteiger partial charge in [0, 0.05) is 37.5 Å². The number of ether oxygens (including phenoxy) is 1. The summed E-state index contributed by atoms with van der Waals surface area (Å²) in [7, 11) is 1.80. The Morgan fingerprint density at radius 3 is 2.90 bits per heavy atom. The van der Waals surface area contributed by atoms with Gasteiger partial charge in [0.15, 0.2) is 0 Å². The first-order valence-electron chi connectivity index (χ1n) is 9.25. The van der Waals surface area contributed by atoms with Crippen LogP contribution in [0.1, 0.15) is 17.5 Å². The Labute approximate surface area is 171 Å². The summed E-state index contributed by atoms with van der Waals surface area (Å²) < 4.78 is 32.6. The second kappa shape index (κ2) is 7.76. The molecule has 0 fully saturated rings. The van der Waals surface area contributed by atoms with Crippen LogP contribution in [0.4, 0.5) is 8.78 Å². The number of carbonyl (C=O) groups is 1. The number of benzene rings is 1. The first-order chi connectivity index (χ1) is 13.9. The van der Waals surface area contributed by atoms with Gasteiger partial charge in [0.25, 0.3) is 6.43 Å². The number of fused-ring (bicyclic) bond motifs is 2. The molecule has 9 heteroatoms. The molecule has 2 heterocycles. The van der Waals surface area contributed by atoms with Gasteiger partial charge >= 0.3 is 0 Å². The SMILES string of the molecule is Cn1ccc(-c2cc(Cl)c(OCC(F)F)c3c2C2=C(CCN(C(=O)CO)C2)C3)n1. The van der Waals surface area contributed by atoms with Crippen LogP contribution < -0.4 is 4.74 Å². The summed E-state index contributed by atoms with van der Waals surface area (Å²) in [5, 5.41) is 14.0. The molecule has 2 aliphatic rings. The van der Waals surface area contributed by atoms with Crippen LogP contribution in [0.5, 0.6) is 5.75 Å². The quantitative estimate of drug-likeness (QED) is 0.803. The molecule has 0 atom stereocenters. The Morgan fingerprint density at radius 2 is 2.24 bits per heavy atom. The number of aryl methyl sites for hydroxylation is 1. The molecule has 29 heavy (non-hydrogen) atoms. The van der Waals surface area contributed by atoms with Crippen LogP contribution in [0.25, 0.3) is 16.8 Å². The van der Waals surface area contributed by atoms with Crippen LogP contribution in [0.3, 0.4) is 0 Å². The molecule has 0 bridgehead atoms. The van der Waals surface area contributed by atoms with Crippen molar-refractivity contribution in [2.75, 3.05) is 26.3 Å². The van der Waals surface area contributed by atoms with Gasteiger partial charge in [-0.3, -0.25) is 9.48 Å². The molecule has 2 aromatic rings. The summed E-state index contributed by atoms with van der Waals surface area (Å²) >= 11 is 6.43. The van der Waals surface area contributed by atoms with Crippen molar-refractivity contribution in [2.45, 2.75) is 19.3 Å². The van der Waals surface area contributed by atoms with E-state index in [1.54, 1.807) is 22.7 Å². The third kappa shape index (κ3) is 3.62. The highest BCUT2D eigenvalue weighted by molar-refractivity contribution is 6.32. The summed E-state index contributed by atoms with van der Waals surface area (Å²) in [4.78, 5) is 13.6. The minimum Gasteiger partial charge on any atom is -0.486 e. The van der Waals surface area contributed by atoms with Gasteiger partial charge in [0.1, 0.15) is 19.0 Å². The number of nitrogens with zero attached hydrogens (tertiary/aromatic N) is 3. The molecule has 0 spiro atoms. The number of hydrogen-bond donors (Lipinski definition) is 1. The van der Waals surface area contributed by atoms with E-state index in [9.17, 15) is 18.7 Å². The number of amides is 1. The van der Waals surface area contributed by atoms with Crippen LogP contribution in [-0.4, -0.2) is 58.4 Å². The third-order valence-electron chi connectivity index (χ3n) is 5.32. The molecule has 0 saturated heterocycles. The number of aromatic nitrogens is 2. The molecule has 1 N–H and O–H groups in total. The molecule has 154 valence electrons. The highest BCUT2D eigenvalue weighted by atomic mass is 35.5. The Morgan fingerprint density at radius 1 is 1.45 bits per heavy atom. The van der Waals surface area contributed by atoms with Gasteiger partial charge in [-0.1, -0.05) is 17.2 Å². The maximum absolute atomic E-state index is 12.8. The Kier molecular flexibility index (Phi) is 5.31. The standard InChI is InChI=1S/C20H20ClF2N3O3/c1-25-4-3-16(24-25)12-7-15(21)20(29-10-17(22)23)13-6-11-2-5-26(18(28)9-27)8-14(11)19(12)13/h3-4,7,17,27H,2,5-6,8-10H2,1H3. The molecular formula is C20H20ClF2N3O3. The van der Waals surface area contributed by atoms with E-state index in [-0.39, 0.29) is 16.7 Å². The van der Waals surface area contributed by atoms with Gasteiger partial charge < -0.3 is 14.7 Å². The molecule has 0 saturated carbocycles. The number of aliphatic hydroxyl groups excluding tert-OH is 1. The van der Waals surface area contributed by atoms with Crippen molar-refractivity contribution in [3.63, 3.8) is 0 Å². The lowest BCUT2D eigenvalue weighted by Gasteiger charge is -2.28. The van der Waals surface area contributed by atoms with E-state index in [1.807, 2.05) is 12.3 Å². The number of halogens is 3. The van der Waals surface area contributed by atoms with E-state index in [1.165, 1.54) is 0 Å². The van der Waals surface area contributed by atoms with E-state index in [4.69, 9.17) is 16.3 Å². The third-order valence-corrected chi connectivity index (χ3v) is 5.60. The summed E-state index contributed by atoms with van der Waals surface area (Å²) in [5.74, 6) is -0.0800. The minimum atomic E-state index is -2.61. The number of rotatable bonds is 5. The maximum atomic E-state index is 12.8. The van der Waals surface area contributed by atoms with Crippen LogP contribution in [0.15, 0.2) is 23.9 Å². The molecular weight excluding hydrogens is 404 g/mol. The topological polar surface area (TPSA) is 67.6 Å². The Hall–Kier alpha value is -2.45. The molecule has 0 unspecified atom stereocenters. The van der Waals surface area contributed by atoms with Crippen LogP contribution in [-0.2, 0) is 18.3 Å². The number of carbonyl (C=O) groups excluding carboxylic acids is 1. The van der Waals surface area contributed by atoms with Gasteiger partial charge in [-0.25, -0.2) is 8.78 Å². The van der Waals surface area contributed by atoms with Gasteiger partial charge in [-0.2, -0.15) is 5.10 Å². The highest BCUT2D eigenvalue weighted by Gasteiger charge is 2.34. The fourth-order valence-corrected chi connectivity index (χ4v) is 4.32.